The molecule has 1 aromatic carbocycles. The molecule has 0 radical (unpaired) electrons. The fourth-order valence-corrected chi connectivity index (χ4v) is 4.28. The molecule has 2 N–H and O–H groups in total. The molecule has 3 nitrogen and oxygen atoms in total. The maximum absolute atomic E-state index is 12.5. The summed E-state index contributed by atoms with van der Waals surface area (Å²) in [4.78, 5) is 12.5. The smallest absolute Gasteiger partial charge is 0.237 e. The van der Waals surface area contributed by atoms with Gasteiger partial charge in [0.15, 0.2) is 0 Å². The number of nitrogens with one attached hydrogen (secondary N) is 2. The van der Waals surface area contributed by atoms with E-state index < -0.39 is 0 Å². The Morgan fingerprint density at radius 2 is 2.19 bits per heavy atom. The van der Waals surface area contributed by atoms with Crippen molar-refractivity contribution in [3.63, 3.8) is 0 Å². The van der Waals surface area contributed by atoms with Crippen molar-refractivity contribution in [1.29, 1.82) is 0 Å². The summed E-state index contributed by atoms with van der Waals surface area (Å²) in [5, 5.41) is 7.65. The fourth-order valence-electron chi connectivity index (χ4n) is 3.71. The zero-order valence-electron chi connectivity index (χ0n) is 12.0. The number of hydrogen-bond acceptors (Lipinski definition) is 2. The summed E-state index contributed by atoms with van der Waals surface area (Å²) in [5.41, 5.74) is 0.899. The molecule has 1 aliphatic heterocycles. The van der Waals surface area contributed by atoms with E-state index in [0.29, 0.717) is 21.9 Å². The van der Waals surface area contributed by atoms with Crippen LogP contribution in [0, 0.1) is 11.8 Å². The summed E-state index contributed by atoms with van der Waals surface area (Å²) < 4.78 is 0. The molecule has 3 rings (SSSR count). The lowest BCUT2D eigenvalue weighted by Gasteiger charge is -2.22. The number of carbonyl (C=O) groups excluding carboxylic acids is 1. The van der Waals surface area contributed by atoms with Gasteiger partial charge in [-0.1, -0.05) is 35.7 Å². The Bertz CT molecular complexity index is 549. The number of amides is 1. The Hall–Kier alpha value is -0.770. The molecule has 0 aromatic heterocycles. The molecular weight excluding hydrogens is 307 g/mol. The minimum atomic E-state index is -0.121. The molecule has 0 spiro atoms. The summed E-state index contributed by atoms with van der Waals surface area (Å²) in [5.74, 6) is 1.26. The molecule has 1 saturated carbocycles. The summed E-state index contributed by atoms with van der Waals surface area (Å²) in [6.07, 6.45) is 3.66. The van der Waals surface area contributed by atoms with Gasteiger partial charge in [-0.25, -0.2) is 0 Å². The highest BCUT2D eigenvalue weighted by molar-refractivity contribution is 6.35. The number of fused-ring (bicyclic) bond motifs is 1. The van der Waals surface area contributed by atoms with Crippen LogP contribution in [0.25, 0.3) is 0 Å². The second-order valence-corrected chi connectivity index (χ2v) is 6.98. The van der Waals surface area contributed by atoms with E-state index in [4.69, 9.17) is 23.2 Å². The highest BCUT2D eigenvalue weighted by Gasteiger charge is 2.42. The van der Waals surface area contributed by atoms with Crippen LogP contribution in [0.5, 0.6) is 0 Å². The standard InChI is InChI=1S/C16H20Cl2N2O/c1-9(12-6-5-11(17)7-14(12)18)20-16(21)15-13-4-2-3-10(13)8-19-15/h5-7,9-10,13,15,19H,2-4,8H2,1H3,(H,20,21). The second kappa shape index (κ2) is 6.15. The maximum atomic E-state index is 12.5. The number of halogens is 2. The maximum Gasteiger partial charge on any atom is 0.237 e. The van der Waals surface area contributed by atoms with Crippen molar-refractivity contribution >= 4 is 29.1 Å². The van der Waals surface area contributed by atoms with Gasteiger partial charge in [0.2, 0.25) is 5.91 Å². The zero-order valence-corrected chi connectivity index (χ0v) is 13.5. The normalized spacial score (nSPS) is 29.2. The minimum absolute atomic E-state index is 0.0500. The van der Waals surface area contributed by atoms with Crippen molar-refractivity contribution in [2.24, 2.45) is 11.8 Å². The van der Waals surface area contributed by atoms with Crippen LogP contribution >= 0.6 is 23.2 Å². The molecule has 1 aromatic rings. The van der Waals surface area contributed by atoms with Crippen LogP contribution in [0.15, 0.2) is 18.2 Å². The van der Waals surface area contributed by atoms with Crippen molar-refractivity contribution in [3.8, 4) is 0 Å². The molecule has 1 aliphatic carbocycles. The lowest BCUT2D eigenvalue weighted by Crippen LogP contribution is -2.44. The van der Waals surface area contributed by atoms with Crippen LogP contribution in [-0.2, 0) is 4.79 Å². The number of benzene rings is 1. The van der Waals surface area contributed by atoms with Crippen molar-refractivity contribution in [3.05, 3.63) is 33.8 Å². The molecule has 1 heterocycles. The molecule has 1 saturated heterocycles. The van der Waals surface area contributed by atoms with Crippen molar-refractivity contribution < 1.29 is 4.79 Å². The quantitative estimate of drug-likeness (QED) is 0.891. The van der Waals surface area contributed by atoms with E-state index in [1.165, 1.54) is 12.8 Å². The van der Waals surface area contributed by atoms with Gasteiger partial charge in [-0.15, -0.1) is 0 Å². The Labute approximate surface area is 135 Å². The third-order valence-corrected chi connectivity index (χ3v) is 5.38. The van der Waals surface area contributed by atoms with E-state index in [0.717, 1.165) is 18.5 Å². The molecule has 0 bridgehead atoms. The van der Waals surface area contributed by atoms with Gasteiger partial charge in [-0.3, -0.25) is 4.79 Å². The molecule has 1 amide bonds. The van der Waals surface area contributed by atoms with Crippen molar-refractivity contribution in [2.75, 3.05) is 6.54 Å². The molecule has 114 valence electrons. The first-order chi connectivity index (χ1) is 10.1. The van der Waals surface area contributed by atoms with Gasteiger partial charge in [-0.2, -0.15) is 0 Å². The van der Waals surface area contributed by atoms with Gasteiger partial charge in [-0.05, 0) is 55.8 Å². The summed E-state index contributed by atoms with van der Waals surface area (Å²) in [7, 11) is 0. The minimum Gasteiger partial charge on any atom is -0.348 e. The van der Waals surface area contributed by atoms with Crippen molar-refractivity contribution in [1.82, 2.24) is 10.6 Å². The second-order valence-electron chi connectivity index (χ2n) is 6.14. The Morgan fingerprint density at radius 3 is 2.95 bits per heavy atom. The first-order valence-electron chi connectivity index (χ1n) is 7.55. The van der Waals surface area contributed by atoms with Crippen LogP contribution in [0.2, 0.25) is 10.0 Å². The predicted molar refractivity (Wildman–Crippen MR) is 85.6 cm³/mol. The first kappa shape index (κ1) is 15.1. The van der Waals surface area contributed by atoms with Crippen molar-refractivity contribution in [2.45, 2.75) is 38.3 Å². The lowest BCUT2D eigenvalue weighted by molar-refractivity contribution is -0.124. The van der Waals surface area contributed by atoms with E-state index >= 15 is 0 Å². The molecule has 4 atom stereocenters. The number of rotatable bonds is 3. The summed E-state index contributed by atoms with van der Waals surface area (Å²) in [6.45, 7) is 2.92. The van der Waals surface area contributed by atoms with Crippen LogP contribution in [-0.4, -0.2) is 18.5 Å². The monoisotopic (exact) mass is 326 g/mol. The number of carbonyl (C=O) groups is 1. The van der Waals surface area contributed by atoms with Gasteiger partial charge < -0.3 is 10.6 Å². The lowest BCUT2D eigenvalue weighted by atomic mass is 9.93. The summed E-state index contributed by atoms with van der Waals surface area (Å²) in [6, 6.07) is 5.21. The highest BCUT2D eigenvalue weighted by atomic mass is 35.5. The van der Waals surface area contributed by atoms with E-state index in [9.17, 15) is 4.79 Å². The van der Waals surface area contributed by atoms with Gasteiger partial charge >= 0.3 is 0 Å². The van der Waals surface area contributed by atoms with Gasteiger partial charge in [0.25, 0.3) is 0 Å². The molecule has 4 unspecified atom stereocenters. The first-order valence-corrected chi connectivity index (χ1v) is 8.30. The van der Waals surface area contributed by atoms with E-state index in [1.807, 2.05) is 13.0 Å². The van der Waals surface area contributed by atoms with Gasteiger partial charge in [0.05, 0.1) is 12.1 Å². The third-order valence-electron chi connectivity index (χ3n) is 4.82. The SMILES string of the molecule is CC(NC(=O)C1NCC2CCCC21)c1ccc(Cl)cc1Cl. The van der Waals surface area contributed by atoms with Crippen LogP contribution in [0.1, 0.15) is 37.8 Å². The van der Waals surface area contributed by atoms with Gasteiger partial charge in [0, 0.05) is 10.0 Å². The molecular formula is C16H20Cl2N2O. The molecule has 21 heavy (non-hydrogen) atoms. The zero-order chi connectivity index (χ0) is 15.0. The van der Waals surface area contributed by atoms with Crippen LogP contribution in [0.3, 0.4) is 0 Å². The van der Waals surface area contributed by atoms with E-state index in [-0.39, 0.29) is 18.0 Å². The molecule has 2 aliphatic rings. The van der Waals surface area contributed by atoms with Crippen LogP contribution in [0.4, 0.5) is 0 Å². The Morgan fingerprint density at radius 1 is 1.38 bits per heavy atom. The third kappa shape index (κ3) is 3.05. The summed E-state index contributed by atoms with van der Waals surface area (Å²) >= 11 is 12.1. The average Bonchev–Trinajstić information content (AvgIpc) is 3.00. The van der Waals surface area contributed by atoms with Gasteiger partial charge in [0.1, 0.15) is 0 Å². The molecule has 2 fully saturated rings. The Balaban J connectivity index is 1.67. The number of hydrogen-bond donors (Lipinski definition) is 2. The topological polar surface area (TPSA) is 41.1 Å². The fraction of sp³-hybridized carbons (Fsp3) is 0.562. The van der Waals surface area contributed by atoms with Crippen LogP contribution < -0.4 is 10.6 Å². The average molecular weight is 327 g/mol. The van der Waals surface area contributed by atoms with E-state index in [2.05, 4.69) is 10.6 Å². The Kier molecular flexibility index (Phi) is 4.43. The van der Waals surface area contributed by atoms with E-state index in [1.54, 1.807) is 12.1 Å². The largest absolute Gasteiger partial charge is 0.348 e. The highest BCUT2D eigenvalue weighted by Crippen LogP contribution is 2.38. The predicted octanol–water partition coefficient (Wildman–Crippen LogP) is 3.56. The molecule has 5 heteroatoms.